The number of amides is 1. The van der Waals surface area contributed by atoms with Gasteiger partial charge in [0, 0.05) is 6.54 Å². The van der Waals surface area contributed by atoms with E-state index in [2.05, 4.69) is 10.3 Å². The van der Waals surface area contributed by atoms with Crippen LogP contribution in [0.5, 0.6) is 0 Å². The van der Waals surface area contributed by atoms with Gasteiger partial charge in [-0.05, 0) is 30.9 Å². The van der Waals surface area contributed by atoms with Crippen LogP contribution in [0.4, 0.5) is 13.2 Å². The van der Waals surface area contributed by atoms with Gasteiger partial charge in [-0.3, -0.25) is 4.79 Å². The van der Waals surface area contributed by atoms with E-state index < -0.39 is 22.6 Å². The van der Waals surface area contributed by atoms with Gasteiger partial charge in [0.15, 0.2) is 0 Å². The Balaban J connectivity index is 2.48. The van der Waals surface area contributed by atoms with Gasteiger partial charge in [0.05, 0.1) is 26.9 Å². The molecule has 0 spiro atoms. The lowest BCUT2D eigenvalue weighted by atomic mass is 10.1. The van der Waals surface area contributed by atoms with Gasteiger partial charge >= 0.3 is 6.18 Å². The van der Waals surface area contributed by atoms with Crippen molar-refractivity contribution in [2.24, 2.45) is 0 Å². The Kier molecular flexibility index (Phi) is 6.67. The SMILES string of the molecule is CCCNC(=O)[C@H](C)Sc1nc(-c2cccs2)cc(C(F)(F)F)c1C#N. The number of nitrogens with zero attached hydrogens (tertiary/aromatic N) is 2. The lowest BCUT2D eigenvalue weighted by molar-refractivity contribution is -0.138. The number of aromatic nitrogens is 1. The van der Waals surface area contributed by atoms with Crippen LogP contribution in [-0.4, -0.2) is 22.7 Å². The third kappa shape index (κ3) is 4.77. The molecule has 4 nitrogen and oxygen atoms in total. The maximum atomic E-state index is 13.4. The predicted molar refractivity (Wildman–Crippen MR) is 95.9 cm³/mol. The Morgan fingerprint density at radius 1 is 1.50 bits per heavy atom. The molecule has 1 amide bonds. The van der Waals surface area contributed by atoms with Gasteiger partial charge in [-0.15, -0.1) is 11.3 Å². The van der Waals surface area contributed by atoms with Gasteiger partial charge in [-0.2, -0.15) is 18.4 Å². The first-order valence-electron chi connectivity index (χ1n) is 7.78. The van der Waals surface area contributed by atoms with E-state index in [4.69, 9.17) is 0 Å². The van der Waals surface area contributed by atoms with Crippen molar-refractivity contribution < 1.29 is 18.0 Å². The normalized spacial score (nSPS) is 12.5. The molecule has 26 heavy (non-hydrogen) atoms. The highest BCUT2D eigenvalue weighted by atomic mass is 32.2. The minimum Gasteiger partial charge on any atom is -0.355 e. The van der Waals surface area contributed by atoms with Crippen LogP contribution in [0, 0.1) is 11.3 Å². The Morgan fingerprint density at radius 3 is 2.77 bits per heavy atom. The Morgan fingerprint density at radius 2 is 2.23 bits per heavy atom. The van der Waals surface area contributed by atoms with E-state index in [1.165, 1.54) is 11.3 Å². The first-order chi connectivity index (χ1) is 12.3. The fraction of sp³-hybridized carbons (Fsp3) is 0.353. The largest absolute Gasteiger partial charge is 0.417 e. The van der Waals surface area contributed by atoms with E-state index >= 15 is 0 Å². The summed E-state index contributed by atoms with van der Waals surface area (Å²) >= 11 is 2.11. The average Bonchev–Trinajstić information content (AvgIpc) is 3.12. The number of carbonyl (C=O) groups is 1. The highest BCUT2D eigenvalue weighted by molar-refractivity contribution is 8.00. The molecular formula is C17H16F3N3OS2. The van der Waals surface area contributed by atoms with E-state index in [1.807, 2.05) is 6.92 Å². The topological polar surface area (TPSA) is 65.8 Å². The number of thiophene rings is 1. The number of hydrogen-bond acceptors (Lipinski definition) is 5. The number of pyridine rings is 1. The highest BCUT2D eigenvalue weighted by Crippen LogP contribution is 2.39. The predicted octanol–water partition coefficient (Wildman–Crippen LogP) is 4.71. The second kappa shape index (κ2) is 8.56. The summed E-state index contributed by atoms with van der Waals surface area (Å²) in [6.07, 6.45) is -3.94. The average molecular weight is 399 g/mol. The van der Waals surface area contributed by atoms with Crippen LogP contribution in [0.1, 0.15) is 31.4 Å². The van der Waals surface area contributed by atoms with E-state index in [0.717, 1.165) is 24.2 Å². The van der Waals surface area contributed by atoms with Crippen LogP contribution in [0.15, 0.2) is 28.6 Å². The summed E-state index contributed by atoms with van der Waals surface area (Å²) in [5, 5.41) is 12.9. The summed E-state index contributed by atoms with van der Waals surface area (Å²) in [5.41, 5.74) is -1.46. The van der Waals surface area contributed by atoms with Crippen molar-refractivity contribution in [2.75, 3.05) is 6.54 Å². The Labute approximate surface area is 157 Å². The molecule has 0 bridgehead atoms. The number of nitriles is 1. The van der Waals surface area contributed by atoms with Crippen LogP contribution in [0.2, 0.25) is 0 Å². The molecule has 9 heteroatoms. The van der Waals surface area contributed by atoms with Crippen molar-refractivity contribution in [1.82, 2.24) is 10.3 Å². The van der Waals surface area contributed by atoms with Crippen LogP contribution >= 0.6 is 23.1 Å². The summed E-state index contributed by atoms with van der Waals surface area (Å²) < 4.78 is 40.3. The minimum atomic E-state index is -4.69. The lowest BCUT2D eigenvalue weighted by Crippen LogP contribution is -2.31. The van der Waals surface area contributed by atoms with Gasteiger partial charge in [0.2, 0.25) is 5.91 Å². The van der Waals surface area contributed by atoms with Gasteiger partial charge in [0.1, 0.15) is 11.1 Å². The first kappa shape index (κ1) is 20.3. The summed E-state index contributed by atoms with van der Waals surface area (Å²) in [4.78, 5) is 16.8. The van der Waals surface area contributed by atoms with Gasteiger partial charge in [-0.1, -0.05) is 24.8 Å². The van der Waals surface area contributed by atoms with E-state index in [0.29, 0.717) is 11.4 Å². The molecule has 0 radical (unpaired) electrons. The van der Waals surface area contributed by atoms with Crippen LogP contribution in [0.3, 0.4) is 0 Å². The number of nitrogens with one attached hydrogen (secondary N) is 1. The molecule has 2 rings (SSSR count). The van der Waals surface area contributed by atoms with Crippen molar-refractivity contribution in [3.63, 3.8) is 0 Å². The summed E-state index contributed by atoms with van der Waals surface area (Å²) in [6.45, 7) is 3.95. The fourth-order valence-electron chi connectivity index (χ4n) is 2.10. The summed E-state index contributed by atoms with van der Waals surface area (Å²) in [7, 11) is 0. The van der Waals surface area contributed by atoms with Crippen LogP contribution in [0.25, 0.3) is 10.6 Å². The van der Waals surface area contributed by atoms with Crippen molar-refractivity contribution in [3.05, 3.63) is 34.7 Å². The van der Waals surface area contributed by atoms with E-state index in [1.54, 1.807) is 30.5 Å². The molecule has 1 N–H and O–H groups in total. The molecule has 0 aliphatic rings. The molecule has 0 fully saturated rings. The third-order valence-corrected chi connectivity index (χ3v) is 5.36. The number of rotatable bonds is 6. The quantitative estimate of drug-likeness (QED) is 0.715. The van der Waals surface area contributed by atoms with Crippen LogP contribution in [-0.2, 0) is 11.0 Å². The number of thioether (sulfide) groups is 1. The number of hydrogen-bond donors (Lipinski definition) is 1. The summed E-state index contributed by atoms with van der Waals surface area (Å²) in [6, 6.07) is 5.85. The second-order valence-corrected chi connectivity index (χ2v) is 7.65. The minimum absolute atomic E-state index is 0.0927. The van der Waals surface area contributed by atoms with E-state index in [-0.39, 0.29) is 16.6 Å². The van der Waals surface area contributed by atoms with Crippen molar-refractivity contribution in [2.45, 2.75) is 36.7 Å². The number of carbonyl (C=O) groups excluding carboxylic acids is 1. The fourth-order valence-corrected chi connectivity index (χ4v) is 3.74. The summed E-state index contributed by atoms with van der Waals surface area (Å²) in [5.74, 6) is -0.308. The van der Waals surface area contributed by atoms with Gasteiger partial charge < -0.3 is 5.32 Å². The first-order valence-corrected chi connectivity index (χ1v) is 9.54. The third-order valence-electron chi connectivity index (χ3n) is 3.38. The molecule has 0 aromatic carbocycles. The Bertz CT molecular complexity index is 814. The van der Waals surface area contributed by atoms with Gasteiger partial charge in [-0.25, -0.2) is 4.98 Å². The molecule has 2 heterocycles. The molecule has 0 saturated carbocycles. The van der Waals surface area contributed by atoms with Crippen molar-refractivity contribution in [3.8, 4) is 16.6 Å². The lowest BCUT2D eigenvalue weighted by Gasteiger charge is -2.16. The molecule has 0 aliphatic carbocycles. The smallest absolute Gasteiger partial charge is 0.355 e. The molecule has 0 saturated heterocycles. The highest BCUT2D eigenvalue weighted by Gasteiger charge is 2.36. The monoisotopic (exact) mass is 399 g/mol. The second-order valence-electron chi connectivity index (χ2n) is 5.37. The molecule has 2 aromatic heterocycles. The zero-order chi connectivity index (χ0) is 19.3. The van der Waals surface area contributed by atoms with Crippen LogP contribution < -0.4 is 5.32 Å². The molecule has 138 valence electrons. The number of halogens is 3. The Hall–Kier alpha value is -2.05. The molecular weight excluding hydrogens is 383 g/mol. The zero-order valence-electron chi connectivity index (χ0n) is 14.1. The van der Waals surface area contributed by atoms with Crippen molar-refractivity contribution >= 4 is 29.0 Å². The van der Waals surface area contributed by atoms with Crippen molar-refractivity contribution in [1.29, 1.82) is 5.26 Å². The molecule has 2 aromatic rings. The molecule has 0 unspecified atom stereocenters. The molecule has 0 aliphatic heterocycles. The van der Waals surface area contributed by atoms with E-state index in [9.17, 15) is 23.2 Å². The van der Waals surface area contributed by atoms with Gasteiger partial charge in [0.25, 0.3) is 0 Å². The molecule has 1 atom stereocenters. The standard InChI is InChI=1S/C17H16F3N3OS2/c1-3-6-22-15(24)10(2)26-16-11(9-21)12(17(18,19)20)8-13(23-16)14-5-4-7-25-14/h4-5,7-8,10H,3,6H2,1-2H3,(H,22,24)/t10-/m0/s1. The maximum absolute atomic E-state index is 13.4. The zero-order valence-corrected chi connectivity index (χ0v) is 15.7. The number of alkyl halides is 3. The maximum Gasteiger partial charge on any atom is 0.417 e.